The van der Waals surface area contributed by atoms with Gasteiger partial charge in [0, 0.05) is 12.3 Å². The van der Waals surface area contributed by atoms with E-state index in [0.29, 0.717) is 11.7 Å². The second-order valence-electron chi connectivity index (χ2n) is 5.89. The van der Waals surface area contributed by atoms with Crippen LogP contribution in [-0.2, 0) is 4.79 Å². The molecule has 0 spiro atoms. The lowest BCUT2D eigenvalue weighted by Gasteiger charge is -2.21. The molecule has 1 aliphatic carbocycles. The summed E-state index contributed by atoms with van der Waals surface area (Å²) in [5.41, 5.74) is 0.170. The molecule has 1 aliphatic rings. The highest BCUT2D eigenvalue weighted by atomic mass is 16.1. The van der Waals surface area contributed by atoms with Crippen molar-refractivity contribution in [2.75, 3.05) is 0 Å². The fraction of sp³-hybridized carbons (Fsp3) is 0.923. The molecular weight excluding hydrogens is 172 g/mol. The second-order valence-corrected chi connectivity index (χ2v) is 5.89. The first-order valence-electron chi connectivity index (χ1n) is 6.02. The van der Waals surface area contributed by atoms with E-state index in [1.807, 2.05) is 0 Å². The third-order valence-corrected chi connectivity index (χ3v) is 3.02. The molecule has 0 saturated heterocycles. The van der Waals surface area contributed by atoms with E-state index in [2.05, 4.69) is 20.8 Å². The van der Waals surface area contributed by atoms with Crippen LogP contribution < -0.4 is 0 Å². The van der Waals surface area contributed by atoms with Gasteiger partial charge in [0.05, 0.1) is 0 Å². The topological polar surface area (TPSA) is 17.1 Å². The molecule has 0 aromatic rings. The molecule has 0 aromatic heterocycles. The van der Waals surface area contributed by atoms with Crippen molar-refractivity contribution in [1.82, 2.24) is 0 Å². The molecular formula is C13H24O. The molecule has 0 unspecified atom stereocenters. The molecule has 1 fully saturated rings. The van der Waals surface area contributed by atoms with Crippen LogP contribution in [0.15, 0.2) is 0 Å². The molecule has 1 saturated carbocycles. The molecule has 0 aliphatic heterocycles. The largest absolute Gasteiger partial charge is 0.299 e. The highest BCUT2D eigenvalue weighted by molar-refractivity contribution is 5.81. The lowest BCUT2D eigenvalue weighted by atomic mass is 9.83. The van der Waals surface area contributed by atoms with E-state index in [0.717, 1.165) is 19.3 Å². The third-order valence-electron chi connectivity index (χ3n) is 3.02. The minimum atomic E-state index is 0.170. The Labute approximate surface area is 88.3 Å². The van der Waals surface area contributed by atoms with Gasteiger partial charge in [0.15, 0.2) is 0 Å². The summed E-state index contributed by atoms with van der Waals surface area (Å²) in [7, 11) is 0. The summed E-state index contributed by atoms with van der Waals surface area (Å²) in [4.78, 5) is 12.0. The molecule has 0 N–H and O–H groups in total. The van der Waals surface area contributed by atoms with Crippen LogP contribution in [-0.4, -0.2) is 5.78 Å². The maximum atomic E-state index is 12.0. The van der Waals surface area contributed by atoms with Gasteiger partial charge < -0.3 is 0 Å². The van der Waals surface area contributed by atoms with Crippen molar-refractivity contribution in [2.24, 2.45) is 11.3 Å². The smallest absolute Gasteiger partial charge is 0.136 e. The van der Waals surface area contributed by atoms with Gasteiger partial charge in [-0.1, -0.05) is 46.5 Å². The minimum Gasteiger partial charge on any atom is -0.299 e. The zero-order chi connectivity index (χ0) is 10.6. The first kappa shape index (κ1) is 11.7. The Morgan fingerprint density at radius 1 is 1.07 bits per heavy atom. The van der Waals surface area contributed by atoms with E-state index in [1.54, 1.807) is 0 Å². The number of hydrogen-bond donors (Lipinski definition) is 0. The summed E-state index contributed by atoms with van der Waals surface area (Å²) in [5, 5.41) is 0. The van der Waals surface area contributed by atoms with Crippen molar-refractivity contribution < 1.29 is 4.79 Å². The summed E-state index contributed by atoms with van der Waals surface area (Å²) in [6.07, 6.45) is 8.25. The maximum Gasteiger partial charge on any atom is 0.136 e. The van der Waals surface area contributed by atoms with E-state index in [-0.39, 0.29) is 5.41 Å². The summed E-state index contributed by atoms with van der Waals surface area (Å²) >= 11 is 0. The molecule has 0 amide bonds. The van der Waals surface area contributed by atoms with Crippen molar-refractivity contribution in [3.05, 3.63) is 0 Å². The zero-order valence-electron chi connectivity index (χ0n) is 9.94. The molecule has 0 bridgehead atoms. The van der Waals surface area contributed by atoms with Crippen LogP contribution >= 0.6 is 0 Å². The van der Waals surface area contributed by atoms with Crippen LogP contribution in [0.2, 0.25) is 0 Å². The summed E-state index contributed by atoms with van der Waals surface area (Å²) < 4.78 is 0. The van der Waals surface area contributed by atoms with E-state index in [1.165, 1.54) is 25.7 Å². The van der Waals surface area contributed by atoms with Crippen molar-refractivity contribution in [2.45, 2.75) is 65.7 Å². The Morgan fingerprint density at radius 3 is 2.00 bits per heavy atom. The lowest BCUT2D eigenvalue weighted by molar-refractivity contribution is -0.125. The van der Waals surface area contributed by atoms with Crippen LogP contribution in [0.5, 0.6) is 0 Å². The van der Waals surface area contributed by atoms with Crippen LogP contribution in [0, 0.1) is 11.3 Å². The van der Waals surface area contributed by atoms with Gasteiger partial charge in [0.25, 0.3) is 0 Å². The Hall–Kier alpha value is -0.330. The van der Waals surface area contributed by atoms with Crippen LogP contribution in [0.1, 0.15) is 65.7 Å². The standard InChI is InChI=1S/C13H24O/c1-13(2,3)10-12(14)11-8-6-4-5-7-9-11/h11H,4-10H2,1-3H3. The molecule has 82 valence electrons. The van der Waals surface area contributed by atoms with Crippen LogP contribution in [0.3, 0.4) is 0 Å². The molecule has 1 nitrogen and oxygen atoms in total. The zero-order valence-corrected chi connectivity index (χ0v) is 9.94. The molecule has 0 aromatic carbocycles. The predicted octanol–water partition coefficient (Wildman–Crippen LogP) is 3.96. The van der Waals surface area contributed by atoms with Crippen molar-refractivity contribution >= 4 is 5.78 Å². The van der Waals surface area contributed by atoms with Crippen LogP contribution in [0.25, 0.3) is 0 Å². The van der Waals surface area contributed by atoms with Crippen LogP contribution in [0.4, 0.5) is 0 Å². The van der Waals surface area contributed by atoms with Crippen molar-refractivity contribution in [3.63, 3.8) is 0 Å². The molecule has 0 atom stereocenters. The number of rotatable bonds is 2. The molecule has 0 heterocycles. The Morgan fingerprint density at radius 2 is 1.57 bits per heavy atom. The minimum absolute atomic E-state index is 0.170. The number of carbonyl (C=O) groups excluding carboxylic acids is 1. The molecule has 14 heavy (non-hydrogen) atoms. The third kappa shape index (κ3) is 4.26. The van der Waals surface area contributed by atoms with E-state index >= 15 is 0 Å². The average molecular weight is 196 g/mol. The number of Topliss-reactive ketones (excluding diaryl/α,β-unsaturated/α-hetero) is 1. The fourth-order valence-corrected chi connectivity index (χ4v) is 2.27. The van der Waals surface area contributed by atoms with Gasteiger partial charge in [0.1, 0.15) is 5.78 Å². The quantitative estimate of drug-likeness (QED) is 0.611. The van der Waals surface area contributed by atoms with Crippen molar-refractivity contribution in [1.29, 1.82) is 0 Å². The van der Waals surface area contributed by atoms with Crippen molar-refractivity contribution in [3.8, 4) is 0 Å². The molecule has 0 radical (unpaired) electrons. The van der Waals surface area contributed by atoms with E-state index in [9.17, 15) is 4.79 Å². The number of ketones is 1. The predicted molar refractivity (Wildman–Crippen MR) is 60.3 cm³/mol. The summed E-state index contributed by atoms with van der Waals surface area (Å²) in [5.74, 6) is 0.899. The maximum absolute atomic E-state index is 12.0. The first-order valence-corrected chi connectivity index (χ1v) is 6.02. The van der Waals surface area contributed by atoms with E-state index in [4.69, 9.17) is 0 Å². The fourth-order valence-electron chi connectivity index (χ4n) is 2.27. The average Bonchev–Trinajstić information content (AvgIpc) is 2.27. The van der Waals surface area contributed by atoms with Gasteiger partial charge in [-0.3, -0.25) is 4.79 Å². The lowest BCUT2D eigenvalue weighted by Crippen LogP contribution is -2.20. The highest BCUT2D eigenvalue weighted by Crippen LogP contribution is 2.28. The summed E-state index contributed by atoms with van der Waals surface area (Å²) in [6, 6.07) is 0. The SMILES string of the molecule is CC(C)(C)CC(=O)C1CCCCCC1. The van der Waals surface area contributed by atoms with Gasteiger partial charge in [-0.2, -0.15) is 0 Å². The Balaban J connectivity index is 2.42. The summed E-state index contributed by atoms with van der Waals surface area (Å²) in [6.45, 7) is 6.46. The van der Waals surface area contributed by atoms with Gasteiger partial charge in [-0.15, -0.1) is 0 Å². The number of hydrogen-bond acceptors (Lipinski definition) is 1. The Kier molecular flexibility index (Phi) is 4.15. The monoisotopic (exact) mass is 196 g/mol. The van der Waals surface area contributed by atoms with Gasteiger partial charge >= 0.3 is 0 Å². The number of carbonyl (C=O) groups is 1. The molecule has 1 heteroatoms. The van der Waals surface area contributed by atoms with Gasteiger partial charge in [0.2, 0.25) is 0 Å². The highest BCUT2D eigenvalue weighted by Gasteiger charge is 2.24. The van der Waals surface area contributed by atoms with Gasteiger partial charge in [-0.05, 0) is 18.3 Å². The van der Waals surface area contributed by atoms with Gasteiger partial charge in [-0.25, -0.2) is 0 Å². The molecule has 1 rings (SSSR count). The normalized spacial score (nSPS) is 20.5. The second kappa shape index (κ2) is 4.95. The van der Waals surface area contributed by atoms with E-state index < -0.39 is 0 Å². The first-order chi connectivity index (χ1) is 6.49. The Bertz CT molecular complexity index is 180.